The Bertz CT molecular complexity index is 1400. The molecule has 0 spiro atoms. The van der Waals surface area contributed by atoms with E-state index in [4.69, 9.17) is 4.74 Å². The van der Waals surface area contributed by atoms with Crippen LogP contribution < -0.4 is 0 Å². The van der Waals surface area contributed by atoms with E-state index in [2.05, 4.69) is 82.9 Å². The summed E-state index contributed by atoms with van der Waals surface area (Å²) in [5.74, 6) is -0.337. The molecule has 0 N–H and O–H groups in total. The van der Waals surface area contributed by atoms with Crippen LogP contribution in [0, 0.1) is 6.92 Å². The first kappa shape index (κ1) is 27.5. The number of allylic oxidation sites excluding steroid dienone is 2. The molecule has 4 rings (SSSR count). The maximum Gasteiger partial charge on any atom is 0.338 e. The monoisotopic (exact) mass is 522 g/mol. The van der Waals surface area contributed by atoms with Crippen LogP contribution in [0.5, 0.6) is 0 Å². The fourth-order valence-electron chi connectivity index (χ4n) is 4.69. The Hall–Kier alpha value is -3.50. The van der Waals surface area contributed by atoms with Gasteiger partial charge in [-0.25, -0.2) is 4.79 Å². The van der Waals surface area contributed by atoms with Gasteiger partial charge in [0, 0.05) is 13.6 Å². The van der Waals surface area contributed by atoms with Crippen LogP contribution in [0.15, 0.2) is 78.9 Å². The van der Waals surface area contributed by atoms with E-state index in [-0.39, 0.29) is 17.2 Å². The number of hydrogen-bond acceptors (Lipinski definition) is 3. The molecule has 0 unspecified atom stereocenters. The normalized spacial score (nSPS) is 14.6. The van der Waals surface area contributed by atoms with Gasteiger partial charge in [-0.05, 0) is 76.9 Å². The highest BCUT2D eigenvalue weighted by Crippen LogP contribution is 2.42. The van der Waals surface area contributed by atoms with Gasteiger partial charge in [0.25, 0.3) is 0 Å². The maximum atomic E-state index is 13.1. The molecule has 196 valence electrons. The molecule has 0 heterocycles. The van der Waals surface area contributed by atoms with Gasteiger partial charge >= 0.3 is 5.97 Å². The summed E-state index contributed by atoms with van der Waals surface area (Å²) in [5, 5.41) is 0. The number of carbonyl (C=O) groups is 2. The molecule has 0 aliphatic heterocycles. The van der Waals surface area contributed by atoms with Gasteiger partial charge in [0.05, 0.1) is 12.2 Å². The minimum atomic E-state index is -1.24. The van der Waals surface area contributed by atoms with Crippen molar-refractivity contribution in [3.8, 4) is 0 Å². The van der Waals surface area contributed by atoms with E-state index in [0.717, 1.165) is 18.0 Å². The summed E-state index contributed by atoms with van der Waals surface area (Å²) in [6.45, 7) is 13.8. The van der Waals surface area contributed by atoms with Crippen LogP contribution in [0.2, 0.25) is 25.7 Å². The molecular formula is C34H38O3Si. The Morgan fingerprint density at radius 2 is 1.66 bits per heavy atom. The standard InChI is InChI=1S/C34H38O3Si/c1-24-8-7-9-27(22-24)29-18-19-34(2,3)31-23-28(15-16-30(29)31)32(35)17-12-25-10-13-26(14-11-25)33(36)37-20-21-38(4,5)6/h7-18,22-23H,19-21H2,1-6H3. The lowest BCUT2D eigenvalue weighted by molar-refractivity contribution is 0.0525. The van der Waals surface area contributed by atoms with Crippen molar-refractivity contribution in [2.45, 2.75) is 58.3 Å². The fraction of sp³-hybridized carbons (Fsp3) is 0.294. The van der Waals surface area contributed by atoms with E-state index >= 15 is 0 Å². The largest absolute Gasteiger partial charge is 0.462 e. The summed E-state index contributed by atoms with van der Waals surface area (Å²) in [5.41, 5.74) is 8.09. The van der Waals surface area contributed by atoms with E-state index in [9.17, 15) is 9.59 Å². The molecule has 0 radical (unpaired) electrons. The lowest BCUT2D eigenvalue weighted by Gasteiger charge is -2.32. The van der Waals surface area contributed by atoms with Crippen molar-refractivity contribution in [1.29, 1.82) is 0 Å². The zero-order valence-corrected chi connectivity index (χ0v) is 24.4. The zero-order valence-electron chi connectivity index (χ0n) is 23.4. The van der Waals surface area contributed by atoms with Crippen molar-refractivity contribution in [1.82, 2.24) is 0 Å². The molecule has 4 heteroatoms. The molecule has 0 saturated heterocycles. The third kappa shape index (κ3) is 6.67. The summed E-state index contributed by atoms with van der Waals surface area (Å²) in [6.07, 6.45) is 6.65. The van der Waals surface area contributed by atoms with Gasteiger partial charge in [-0.1, -0.05) is 99.7 Å². The van der Waals surface area contributed by atoms with E-state index in [0.29, 0.717) is 17.7 Å². The first-order valence-electron chi connectivity index (χ1n) is 13.3. The Morgan fingerprint density at radius 1 is 0.947 bits per heavy atom. The van der Waals surface area contributed by atoms with Crippen molar-refractivity contribution in [2.24, 2.45) is 0 Å². The number of carbonyl (C=O) groups excluding carboxylic acids is 2. The summed E-state index contributed by atoms with van der Waals surface area (Å²) in [4.78, 5) is 25.4. The van der Waals surface area contributed by atoms with Crippen LogP contribution in [0.3, 0.4) is 0 Å². The molecule has 0 bridgehead atoms. The minimum absolute atomic E-state index is 0.0370. The van der Waals surface area contributed by atoms with Gasteiger partial charge in [-0.15, -0.1) is 0 Å². The molecule has 3 aromatic rings. The molecule has 3 aromatic carbocycles. The highest BCUT2D eigenvalue weighted by atomic mass is 28.3. The number of ketones is 1. The van der Waals surface area contributed by atoms with Gasteiger partial charge in [0.15, 0.2) is 5.78 Å². The van der Waals surface area contributed by atoms with Crippen LogP contribution in [-0.4, -0.2) is 26.4 Å². The predicted octanol–water partition coefficient (Wildman–Crippen LogP) is 8.50. The number of hydrogen-bond donors (Lipinski definition) is 0. The van der Waals surface area contributed by atoms with Crippen LogP contribution in [0.4, 0.5) is 0 Å². The van der Waals surface area contributed by atoms with Gasteiger partial charge in [-0.3, -0.25) is 4.79 Å². The van der Waals surface area contributed by atoms with E-state index in [1.807, 2.05) is 18.2 Å². The Balaban J connectivity index is 1.48. The summed E-state index contributed by atoms with van der Waals surface area (Å²) < 4.78 is 5.42. The Morgan fingerprint density at radius 3 is 2.34 bits per heavy atom. The number of esters is 1. The highest BCUT2D eigenvalue weighted by molar-refractivity contribution is 6.76. The van der Waals surface area contributed by atoms with Crippen molar-refractivity contribution >= 4 is 31.5 Å². The summed E-state index contributed by atoms with van der Waals surface area (Å²) >= 11 is 0. The van der Waals surface area contributed by atoms with Crippen molar-refractivity contribution in [3.05, 3.63) is 118 Å². The third-order valence-corrected chi connectivity index (χ3v) is 8.83. The summed E-state index contributed by atoms with van der Waals surface area (Å²) in [6, 6.07) is 22.8. The molecule has 3 nitrogen and oxygen atoms in total. The quantitative estimate of drug-likeness (QED) is 0.129. The lowest BCUT2D eigenvalue weighted by Crippen LogP contribution is -2.22. The first-order chi connectivity index (χ1) is 17.9. The number of ether oxygens (including phenoxy) is 1. The van der Waals surface area contributed by atoms with Gasteiger partial charge in [-0.2, -0.15) is 0 Å². The number of rotatable bonds is 8. The molecule has 0 amide bonds. The van der Waals surface area contributed by atoms with Crippen LogP contribution in [0.25, 0.3) is 11.6 Å². The summed E-state index contributed by atoms with van der Waals surface area (Å²) in [7, 11) is -1.24. The minimum Gasteiger partial charge on any atom is -0.462 e. The van der Waals surface area contributed by atoms with Crippen molar-refractivity contribution in [2.75, 3.05) is 6.61 Å². The van der Waals surface area contributed by atoms with Crippen LogP contribution in [0.1, 0.15) is 68.8 Å². The van der Waals surface area contributed by atoms with Gasteiger partial charge < -0.3 is 4.74 Å². The predicted molar refractivity (Wildman–Crippen MR) is 161 cm³/mol. The second kappa shape index (κ2) is 11.1. The lowest BCUT2D eigenvalue weighted by atomic mass is 9.71. The molecule has 0 atom stereocenters. The first-order valence-corrected chi connectivity index (χ1v) is 17.1. The third-order valence-electron chi connectivity index (χ3n) is 7.13. The smallest absolute Gasteiger partial charge is 0.338 e. The van der Waals surface area contributed by atoms with Gasteiger partial charge in [0.2, 0.25) is 0 Å². The maximum absolute atomic E-state index is 13.1. The van der Waals surface area contributed by atoms with Crippen LogP contribution >= 0.6 is 0 Å². The van der Waals surface area contributed by atoms with Crippen molar-refractivity contribution < 1.29 is 14.3 Å². The van der Waals surface area contributed by atoms with E-state index < -0.39 is 8.07 Å². The molecule has 0 fully saturated rings. The molecule has 0 saturated carbocycles. The Kier molecular flexibility index (Phi) is 8.03. The molecule has 0 aromatic heterocycles. The average molecular weight is 523 g/mol. The number of benzene rings is 3. The number of fused-ring (bicyclic) bond motifs is 1. The topological polar surface area (TPSA) is 43.4 Å². The van der Waals surface area contributed by atoms with E-state index in [1.165, 1.54) is 27.8 Å². The fourth-order valence-corrected chi connectivity index (χ4v) is 5.40. The molecular weight excluding hydrogens is 484 g/mol. The molecule has 1 aliphatic rings. The van der Waals surface area contributed by atoms with E-state index in [1.54, 1.807) is 24.3 Å². The molecule has 38 heavy (non-hydrogen) atoms. The second-order valence-electron chi connectivity index (χ2n) is 12.1. The average Bonchev–Trinajstić information content (AvgIpc) is 2.86. The Labute approximate surface area is 228 Å². The molecule has 1 aliphatic carbocycles. The van der Waals surface area contributed by atoms with Crippen molar-refractivity contribution in [3.63, 3.8) is 0 Å². The SMILES string of the molecule is Cc1cccc(C2=CCC(C)(C)c3cc(C(=O)C=Cc4ccc(C(=O)OCC[Si](C)(C)C)cc4)ccc32)c1. The zero-order chi connectivity index (χ0) is 27.5. The number of aryl methyl sites for hydroxylation is 1. The van der Waals surface area contributed by atoms with Gasteiger partial charge in [0.1, 0.15) is 0 Å². The second-order valence-corrected chi connectivity index (χ2v) is 17.7. The van der Waals surface area contributed by atoms with Crippen LogP contribution in [-0.2, 0) is 10.2 Å². The highest BCUT2D eigenvalue weighted by Gasteiger charge is 2.29.